The number of benzene rings is 2. The van der Waals surface area contributed by atoms with Crippen LogP contribution in [0.25, 0.3) is 0 Å². The molecule has 1 atom stereocenters. The second kappa shape index (κ2) is 7.68. The van der Waals surface area contributed by atoms with Gasteiger partial charge in [0.15, 0.2) is 0 Å². The molecule has 1 aliphatic rings. The Morgan fingerprint density at radius 3 is 2.59 bits per heavy atom. The van der Waals surface area contributed by atoms with E-state index in [1.807, 2.05) is 0 Å². The average molecular weight is 428 g/mol. The van der Waals surface area contributed by atoms with E-state index >= 15 is 0 Å². The number of phenolic OH excluding ortho intramolecular Hbond substituents is 1. The number of nitrogens with zero attached hydrogens (tertiary/aromatic N) is 1. The van der Waals surface area contributed by atoms with Gasteiger partial charge >= 0.3 is 6.18 Å². The lowest BCUT2D eigenvalue weighted by molar-refractivity contribution is -0.139. The molecule has 0 bridgehead atoms. The first-order valence-electron chi connectivity index (χ1n) is 8.72. The molecule has 1 saturated heterocycles. The molecule has 1 fully saturated rings. The van der Waals surface area contributed by atoms with Crippen molar-refractivity contribution in [2.45, 2.75) is 37.0 Å². The number of sulfonamides is 1. The monoisotopic (exact) mass is 428 g/mol. The molecule has 0 spiro atoms. The number of rotatable bonds is 5. The number of hydrogen-bond acceptors (Lipinski definition) is 4. The summed E-state index contributed by atoms with van der Waals surface area (Å²) in [5.74, 6) is -0.883. The fourth-order valence-corrected chi connectivity index (χ4v) is 4.67. The maximum Gasteiger partial charge on any atom is 0.416 e. The van der Waals surface area contributed by atoms with Crippen LogP contribution in [0.4, 0.5) is 13.2 Å². The number of nitrogens with one attached hydrogen (secondary N) is 1. The Labute approximate surface area is 166 Å². The molecule has 2 aromatic rings. The standard InChI is InChI=1S/C19H19F3N2O4S/c1-12-6-7-16(25)17(8-12)29(27,28)23-14-9-18(26)24(11-14)10-13-4-2-3-5-15(13)19(20,21)22/h2-8,14,23,25H,9-11H2,1H3. The van der Waals surface area contributed by atoms with Crippen molar-refractivity contribution in [2.24, 2.45) is 0 Å². The van der Waals surface area contributed by atoms with Gasteiger partial charge in [-0.15, -0.1) is 0 Å². The molecule has 1 heterocycles. The summed E-state index contributed by atoms with van der Waals surface area (Å²) in [5, 5.41) is 9.85. The Morgan fingerprint density at radius 2 is 1.90 bits per heavy atom. The predicted molar refractivity (Wildman–Crippen MR) is 98.4 cm³/mol. The lowest BCUT2D eigenvalue weighted by Crippen LogP contribution is -2.37. The van der Waals surface area contributed by atoms with Crippen LogP contribution in [-0.4, -0.2) is 36.9 Å². The van der Waals surface area contributed by atoms with Gasteiger partial charge in [-0.05, 0) is 36.2 Å². The minimum absolute atomic E-state index is 0.0619. The number of alkyl halides is 3. The molecule has 29 heavy (non-hydrogen) atoms. The van der Waals surface area contributed by atoms with Crippen molar-refractivity contribution < 1.29 is 31.5 Å². The quantitative estimate of drug-likeness (QED) is 0.767. The van der Waals surface area contributed by atoms with Gasteiger partial charge in [-0.2, -0.15) is 13.2 Å². The number of aryl methyl sites for hydroxylation is 1. The second-order valence-corrected chi connectivity index (χ2v) is 8.61. The first-order chi connectivity index (χ1) is 13.5. The van der Waals surface area contributed by atoms with E-state index in [4.69, 9.17) is 0 Å². The fourth-order valence-electron chi connectivity index (χ4n) is 3.26. The van der Waals surface area contributed by atoms with Crippen molar-refractivity contribution in [3.05, 3.63) is 59.2 Å². The average Bonchev–Trinajstić information content (AvgIpc) is 2.95. The highest BCUT2D eigenvalue weighted by molar-refractivity contribution is 7.89. The van der Waals surface area contributed by atoms with Crippen molar-refractivity contribution in [1.29, 1.82) is 0 Å². The SMILES string of the molecule is Cc1ccc(O)c(S(=O)(=O)NC2CC(=O)N(Cc3ccccc3C(F)(F)F)C2)c1. The molecule has 10 heteroatoms. The summed E-state index contributed by atoms with van der Waals surface area (Å²) in [6.45, 7) is 1.32. The summed E-state index contributed by atoms with van der Waals surface area (Å²) in [7, 11) is -4.11. The Balaban J connectivity index is 1.75. The summed E-state index contributed by atoms with van der Waals surface area (Å²) < 4.78 is 67.0. The highest BCUT2D eigenvalue weighted by Crippen LogP contribution is 2.33. The van der Waals surface area contributed by atoms with Gasteiger partial charge in [0.05, 0.1) is 5.56 Å². The summed E-state index contributed by atoms with van der Waals surface area (Å²) in [5.41, 5.74) is -0.272. The van der Waals surface area contributed by atoms with Crippen LogP contribution < -0.4 is 4.72 Å². The van der Waals surface area contributed by atoms with E-state index in [1.54, 1.807) is 13.0 Å². The third-order valence-electron chi connectivity index (χ3n) is 4.63. The molecule has 0 aromatic heterocycles. The first-order valence-corrected chi connectivity index (χ1v) is 10.2. The lowest BCUT2D eigenvalue weighted by Gasteiger charge is -2.20. The molecule has 3 rings (SSSR count). The van der Waals surface area contributed by atoms with Gasteiger partial charge in [-0.25, -0.2) is 13.1 Å². The zero-order valence-electron chi connectivity index (χ0n) is 15.4. The van der Waals surface area contributed by atoms with Crippen molar-refractivity contribution in [3.63, 3.8) is 0 Å². The van der Waals surface area contributed by atoms with Crippen LogP contribution in [-0.2, 0) is 27.5 Å². The van der Waals surface area contributed by atoms with Gasteiger partial charge in [0, 0.05) is 25.6 Å². The molecule has 0 saturated carbocycles. The van der Waals surface area contributed by atoms with Crippen LogP contribution in [0, 0.1) is 6.92 Å². The third-order valence-corrected chi connectivity index (χ3v) is 6.17. The largest absolute Gasteiger partial charge is 0.507 e. The van der Waals surface area contributed by atoms with Crippen LogP contribution in [0.15, 0.2) is 47.4 Å². The van der Waals surface area contributed by atoms with Crippen molar-refractivity contribution in [1.82, 2.24) is 9.62 Å². The Morgan fingerprint density at radius 1 is 1.21 bits per heavy atom. The van der Waals surface area contributed by atoms with Gasteiger partial charge in [0.2, 0.25) is 15.9 Å². The lowest BCUT2D eigenvalue weighted by atomic mass is 10.1. The number of likely N-dealkylation sites (tertiary alicyclic amines) is 1. The number of hydrogen-bond donors (Lipinski definition) is 2. The van der Waals surface area contributed by atoms with Gasteiger partial charge in [-0.3, -0.25) is 4.79 Å². The third kappa shape index (κ3) is 4.70. The van der Waals surface area contributed by atoms with E-state index < -0.39 is 39.5 Å². The number of carbonyl (C=O) groups is 1. The highest BCUT2D eigenvalue weighted by atomic mass is 32.2. The minimum Gasteiger partial charge on any atom is -0.507 e. The second-order valence-electron chi connectivity index (χ2n) is 6.92. The maximum absolute atomic E-state index is 13.2. The number of phenols is 1. The van der Waals surface area contributed by atoms with E-state index in [9.17, 15) is 31.5 Å². The van der Waals surface area contributed by atoms with E-state index in [-0.39, 0.29) is 30.0 Å². The van der Waals surface area contributed by atoms with E-state index in [1.165, 1.54) is 35.2 Å². The molecule has 1 amide bonds. The van der Waals surface area contributed by atoms with Gasteiger partial charge < -0.3 is 10.0 Å². The van der Waals surface area contributed by atoms with Crippen molar-refractivity contribution in [2.75, 3.05) is 6.54 Å². The fraction of sp³-hybridized carbons (Fsp3) is 0.316. The topological polar surface area (TPSA) is 86.7 Å². The Hall–Kier alpha value is -2.59. The van der Waals surface area contributed by atoms with Gasteiger partial charge in [-0.1, -0.05) is 24.3 Å². The highest BCUT2D eigenvalue weighted by Gasteiger charge is 2.37. The molecule has 0 aliphatic carbocycles. The number of aromatic hydroxyl groups is 1. The van der Waals surface area contributed by atoms with Crippen LogP contribution in [0.2, 0.25) is 0 Å². The molecule has 2 aromatic carbocycles. The summed E-state index contributed by atoms with van der Waals surface area (Å²) >= 11 is 0. The molecular formula is C19H19F3N2O4S. The molecule has 6 nitrogen and oxygen atoms in total. The van der Waals surface area contributed by atoms with Crippen LogP contribution in [0.3, 0.4) is 0 Å². The minimum atomic E-state index is -4.55. The molecule has 1 aliphatic heterocycles. The Kier molecular flexibility index (Phi) is 5.59. The molecule has 1 unspecified atom stereocenters. The van der Waals surface area contributed by atoms with Crippen molar-refractivity contribution >= 4 is 15.9 Å². The molecule has 0 radical (unpaired) electrons. The summed E-state index contributed by atoms with van der Waals surface area (Å²) in [6.07, 6.45) is -4.73. The first kappa shape index (κ1) is 21.1. The summed E-state index contributed by atoms with van der Waals surface area (Å²) in [6, 6.07) is 8.23. The maximum atomic E-state index is 13.2. The Bertz CT molecular complexity index is 1040. The zero-order valence-corrected chi connectivity index (χ0v) is 16.2. The number of halogens is 3. The van der Waals surface area contributed by atoms with E-state index in [2.05, 4.69) is 4.72 Å². The smallest absolute Gasteiger partial charge is 0.416 e. The van der Waals surface area contributed by atoms with Gasteiger partial charge in [0.25, 0.3) is 0 Å². The van der Waals surface area contributed by atoms with Gasteiger partial charge in [0.1, 0.15) is 10.6 Å². The van der Waals surface area contributed by atoms with Crippen LogP contribution >= 0.6 is 0 Å². The normalized spacial score (nSPS) is 17.7. The predicted octanol–water partition coefficient (Wildman–Crippen LogP) is 2.80. The molecule has 156 valence electrons. The van der Waals surface area contributed by atoms with Crippen molar-refractivity contribution in [3.8, 4) is 5.75 Å². The van der Waals surface area contributed by atoms with E-state index in [0.717, 1.165) is 6.07 Å². The van der Waals surface area contributed by atoms with Crippen LogP contribution in [0.1, 0.15) is 23.1 Å². The number of carbonyl (C=O) groups excluding carboxylic acids is 1. The molecular weight excluding hydrogens is 409 g/mol. The van der Waals surface area contributed by atoms with E-state index in [0.29, 0.717) is 5.56 Å². The zero-order chi connectivity index (χ0) is 21.4. The number of amides is 1. The van der Waals surface area contributed by atoms with Crippen LogP contribution in [0.5, 0.6) is 5.75 Å². The molecule has 2 N–H and O–H groups in total. The summed E-state index contributed by atoms with van der Waals surface area (Å²) in [4.78, 5) is 13.1.